The van der Waals surface area contributed by atoms with Crippen LogP contribution in [0.15, 0.2) is 22.7 Å². The smallest absolute Gasteiger partial charge is 0.335 e. The Labute approximate surface area is 114 Å². The third-order valence-corrected chi connectivity index (χ3v) is 3.83. The largest absolute Gasteiger partial charge is 0.478 e. The summed E-state index contributed by atoms with van der Waals surface area (Å²) in [6, 6.07) is 5.44. The van der Waals surface area contributed by atoms with E-state index in [-0.39, 0.29) is 0 Å². The van der Waals surface area contributed by atoms with Crippen LogP contribution < -0.4 is 5.32 Å². The maximum Gasteiger partial charge on any atom is 0.335 e. The normalized spacial score (nSPS) is 12.2. The molecule has 17 heavy (non-hydrogen) atoms. The molecule has 0 spiro atoms. The van der Waals surface area contributed by atoms with Gasteiger partial charge in [-0.2, -0.15) is 11.8 Å². The highest BCUT2D eigenvalue weighted by Gasteiger charge is 2.10. The van der Waals surface area contributed by atoms with Crippen molar-refractivity contribution in [2.24, 2.45) is 0 Å². The predicted octanol–water partition coefficient (Wildman–Crippen LogP) is 3.70. The fourth-order valence-electron chi connectivity index (χ4n) is 1.45. The Morgan fingerprint density at radius 3 is 2.76 bits per heavy atom. The van der Waals surface area contributed by atoms with E-state index in [0.29, 0.717) is 11.6 Å². The molecule has 0 aliphatic heterocycles. The molecule has 2 N–H and O–H groups in total. The van der Waals surface area contributed by atoms with Crippen molar-refractivity contribution in [2.45, 2.75) is 19.4 Å². The van der Waals surface area contributed by atoms with Crippen LogP contribution in [0.2, 0.25) is 0 Å². The average molecular weight is 318 g/mol. The SMILES string of the molecule is CCC(CSC)Nc1ccc(C(=O)O)cc1Br. The first-order valence-corrected chi connectivity index (χ1v) is 7.55. The molecule has 1 aromatic carbocycles. The monoisotopic (exact) mass is 317 g/mol. The Kier molecular flexibility index (Phi) is 5.85. The number of hydrogen-bond acceptors (Lipinski definition) is 3. The van der Waals surface area contributed by atoms with Gasteiger partial charge in [0.2, 0.25) is 0 Å². The van der Waals surface area contributed by atoms with Crippen molar-refractivity contribution in [1.82, 2.24) is 0 Å². The molecular formula is C12H16BrNO2S. The molecule has 0 saturated carbocycles. The molecule has 0 fully saturated rings. The summed E-state index contributed by atoms with van der Waals surface area (Å²) in [4.78, 5) is 10.8. The molecule has 0 radical (unpaired) electrons. The van der Waals surface area contributed by atoms with Crippen LogP contribution >= 0.6 is 27.7 Å². The van der Waals surface area contributed by atoms with E-state index in [4.69, 9.17) is 5.11 Å². The lowest BCUT2D eigenvalue weighted by Gasteiger charge is -2.18. The van der Waals surface area contributed by atoms with Crippen LogP contribution in [0.5, 0.6) is 0 Å². The van der Waals surface area contributed by atoms with Gasteiger partial charge in [0.25, 0.3) is 0 Å². The molecule has 3 nitrogen and oxygen atoms in total. The van der Waals surface area contributed by atoms with E-state index in [9.17, 15) is 4.79 Å². The minimum atomic E-state index is -0.909. The lowest BCUT2D eigenvalue weighted by atomic mass is 10.2. The number of nitrogens with one attached hydrogen (secondary N) is 1. The number of carboxylic acid groups (broad SMARTS) is 1. The zero-order valence-corrected chi connectivity index (χ0v) is 12.3. The number of rotatable bonds is 6. The van der Waals surface area contributed by atoms with Crippen LogP contribution in [0, 0.1) is 0 Å². The summed E-state index contributed by atoms with van der Waals surface area (Å²) in [5, 5.41) is 12.3. The molecular weight excluding hydrogens is 302 g/mol. The lowest BCUT2D eigenvalue weighted by molar-refractivity contribution is 0.0697. The van der Waals surface area contributed by atoms with Crippen molar-refractivity contribution < 1.29 is 9.90 Å². The van der Waals surface area contributed by atoms with Crippen LogP contribution in [0.4, 0.5) is 5.69 Å². The summed E-state index contributed by atoms with van der Waals surface area (Å²) < 4.78 is 0.789. The van der Waals surface area contributed by atoms with Gasteiger partial charge in [-0.25, -0.2) is 4.79 Å². The Morgan fingerprint density at radius 2 is 2.29 bits per heavy atom. The summed E-state index contributed by atoms with van der Waals surface area (Å²) in [5.74, 6) is 0.122. The zero-order chi connectivity index (χ0) is 12.8. The highest BCUT2D eigenvalue weighted by molar-refractivity contribution is 9.10. The zero-order valence-electron chi connectivity index (χ0n) is 9.87. The molecule has 0 aliphatic rings. The number of anilines is 1. The molecule has 1 rings (SSSR count). The molecule has 1 aromatic rings. The van der Waals surface area contributed by atoms with Crippen molar-refractivity contribution in [3.8, 4) is 0 Å². The van der Waals surface area contributed by atoms with Gasteiger partial charge in [0.05, 0.1) is 5.56 Å². The standard InChI is InChI=1S/C12H16BrNO2S/c1-3-9(7-17-2)14-11-5-4-8(12(15)16)6-10(11)13/h4-6,9,14H,3,7H2,1-2H3,(H,15,16). The highest BCUT2D eigenvalue weighted by Crippen LogP contribution is 2.25. The van der Waals surface area contributed by atoms with Crippen LogP contribution in [-0.2, 0) is 0 Å². The van der Waals surface area contributed by atoms with E-state index >= 15 is 0 Å². The summed E-state index contributed by atoms with van der Waals surface area (Å²) >= 11 is 5.19. The number of benzene rings is 1. The van der Waals surface area contributed by atoms with Gasteiger partial charge in [-0.15, -0.1) is 0 Å². The minimum absolute atomic E-state index is 0.292. The third-order valence-electron chi connectivity index (χ3n) is 2.44. The number of halogens is 1. The molecule has 94 valence electrons. The highest BCUT2D eigenvalue weighted by atomic mass is 79.9. The van der Waals surface area contributed by atoms with Crippen molar-refractivity contribution in [3.63, 3.8) is 0 Å². The van der Waals surface area contributed by atoms with Gasteiger partial charge in [0, 0.05) is 22.0 Å². The van der Waals surface area contributed by atoms with E-state index in [1.165, 1.54) is 0 Å². The summed E-state index contributed by atoms with van der Waals surface area (Å²) in [5.41, 5.74) is 1.23. The van der Waals surface area contributed by atoms with Crippen molar-refractivity contribution in [2.75, 3.05) is 17.3 Å². The van der Waals surface area contributed by atoms with Crippen molar-refractivity contribution in [3.05, 3.63) is 28.2 Å². The molecule has 1 unspecified atom stereocenters. The van der Waals surface area contributed by atoms with Gasteiger partial charge in [-0.05, 0) is 46.8 Å². The van der Waals surface area contributed by atoms with Crippen molar-refractivity contribution >= 4 is 39.3 Å². The van der Waals surface area contributed by atoms with Gasteiger partial charge in [-0.1, -0.05) is 6.92 Å². The predicted molar refractivity (Wildman–Crippen MR) is 77.2 cm³/mol. The fraction of sp³-hybridized carbons (Fsp3) is 0.417. The van der Waals surface area contributed by atoms with Gasteiger partial charge in [-0.3, -0.25) is 0 Å². The maximum atomic E-state index is 10.8. The van der Waals surface area contributed by atoms with Crippen LogP contribution in [0.1, 0.15) is 23.7 Å². The number of thioether (sulfide) groups is 1. The molecule has 5 heteroatoms. The quantitative estimate of drug-likeness (QED) is 0.840. The maximum absolute atomic E-state index is 10.8. The second-order valence-corrected chi connectivity index (χ2v) is 5.47. The summed E-state index contributed by atoms with van der Waals surface area (Å²) in [6.45, 7) is 2.13. The van der Waals surface area contributed by atoms with E-state index in [2.05, 4.69) is 34.4 Å². The topological polar surface area (TPSA) is 49.3 Å². The molecule has 1 atom stereocenters. The summed E-state index contributed by atoms with van der Waals surface area (Å²) in [6.07, 6.45) is 3.11. The first kappa shape index (κ1) is 14.4. The van der Waals surface area contributed by atoms with Crippen LogP contribution in [-0.4, -0.2) is 29.1 Å². The van der Waals surface area contributed by atoms with Crippen LogP contribution in [0.3, 0.4) is 0 Å². The van der Waals surface area contributed by atoms with Gasteiger partial charge in [0.15, 0.2) is 0 Å². The third kappa shape index (κ3) is 4.24. The van der Waals surface area contributed by atoms with Gasteiger partial charge >= 0.3 is 5.97 Å². The molecule has 0 saturated heterocycles. The number of carboxylic acids is 1. The Balaban J connectivity index is 2.81. The fourth-order valence-corrected chi connectivity index (χ4v) is 2.66. The molecule has 0 heterocycles. The molecule has 0 aliphatic carbocycles. The number of carbonyl (C=O) groups is 1. The van der Waals surface area contributed by atoms with Gasteiger partial charge in [0.1, 0.15) is 0 Å². The second-order valence-electron chi connectivity index (χ2n) is 3.70. The lowest BCUT2D eigenvalue weighted by Crippen LogP contribution is -2.21. The molecule has 0 bridgehead atoms. The van der Waals surface area contributed by atoms with Gasteiger partial charge < -0.3 is 10.4 Å². The Bertz CT molecular complexity index is 398. The number of aromatic carboxylic acids is 1. The molecule has 0 amide bonds. The van der Waals surface area contributed by atoms with Crippen LogP contribution in [0.25, 0.3) is 0 Å². The number of hydrogen-bond donors (Lipinski definition) is 2. The molecule has 0 aromatic heterocycles. The van der Waals surface area contributed by atoms with Crippen molar-refractivity contribution in [1.29, 1.82) is 0 Å². The first-order chi connectivity index (χ1) is 8.08. The average Bonchev–Trinajstić information content (AvgIpc) is 2.30. The van der Waals surface area contributed by atoms with E-state index in [0.717, 1.165) is 22.3 Å². The first-order valence-electron chi connectivity index (χ1n) is 5.36. The van der Waals surface area contributed by atoms with E-state index in [1.807, 2.05) is 0 Å². The second kappa shape index (κ2) is 6.91. The minimum Gasteiger partial charge on any atom is -0.478 e. The Morgan fingerprint density at radius 1 is 1.59 bits per heavy atom. The van der Waals surface area contributed by atoms with E-state index in [1.54, 1.807) is 30.0 Å². The summed E-state index contributed by atoms with van der Waals surface area (Å²) in [7, 11) is 0. The van der Waals surface area contributed by atoms with E-state index < -0.39 is 5.97 Å². The Hall–Kier alpha value is -0.680.